The lowest BCUT2D eigenvalue weighted by Crippen LogP contribution is -2.35. The van der Waals surface area contributed by atoms with Gasteiger partial charge in [-0.1, -0.05) is 307 Å². The first kappa shape index (κ1) is 87.7. The van der Waals surface area contributed by atoms with E-state index in [-0.39, 0.29) is 23.0 Å². The Morgan fingerprint density at radius 3 is 0.948 bits per heavy atom. The monoisotopic (exact) mass is 1660 g/mol. The lowest BCUT2D eigenvalue weighted by molar-refractivity contribution is 0.0405. The van der Waals surface area contributed by atoms with Gasteiger partial charge in [-0.15, -0.1) is 68.0 Å². The number of hydrogen-bond donors (Lipinski definition) is 0. The van der Waals surface area contributed by atoms with Crippen LogP contribution >= 0.6 is 68.0 Å². The highest BCUT2D eigenvalue weighted by Crippen LogP contribution is 2.67. The molecular weight excluding hydrogens is 1550 g/mol. The zero-order chi connectivity index (χ0) is 81.2. The van der Waals surface area contributed by atoms with Crippen LogP contribution in [0.5, 0.6) is 23.0 Å². The molecule has 8 heterocycles. The fraction of sp³-hybridized carbons (Fsp3) is 0.520. The van der Waals surface area contributed by atoms with Crippen molar-refractivity contribution in [2.45, 2.75) is 321 Å². The van der Waals surface area contributed by atoms with Gasteiger partial charge >= 0.3 is 0 Å². The van der Waals surface area contributed by atoms with Crippen LogP contribution in [-0.4, -0.2) is 25.8 Å². The van der Waals surface area contributed by atoms with Crippen molar-refractivity contribution in [3.05, 3.63) is 161 Å². The molecule has 0 fully saturated rings. The molecule has 116 heavy (non-hydrogen) atoms. The molecule has 0 bridgehead atoms. The Morgan fingerprint density at radius 1 is 0.388 bits per heavy atom. The van der Waals surface area contributed by atoms with Gasteiger partial charge in [0.1, 0.15) is 34.2 Å². The normalized spacial score (nSPS) is 15.6. The highest BCUT2D eigenvalue weighted by Gasteiger charge is 2.50. The van der Waals surface area contributed by atoms with Crippen molar-refractivity contribution in [3.8, 4) is 74.2 Å². The van der Waals surface area contributed by atoms with Gasteiger partial charge in [0.15, 0.2) is 11.6 Å². The fourth-order valence-corrected chi connectivity index (χ4v) is 26.2. The minimum atomic E-state index is -0.626. The van der Waals surface area contributed by atoms with Crippen LogP contribution in [0.15, 0.2) is 95.3 Å². The first-order chi connectivity index (χ1) is 57.0. The molecule has 0 atom stereocenters. The van der Waals surface area contributed by atoms with E-state index < -0.39 is 11.2 Å². The third kappa shape index (κ3) is 20.4. The molecule has 0 unspecified atom stereocenters. The molecule has 2 aliphatic carbocycles. The zero-order valence-electron chi connectivity index (χ0n) is 69.9. The fourth-order valence-electron chi connectivity index (χ4n) is 18.1. The summed E-state index contributed by atoms with van der Waals surface area (Å²) in [6.07, 6.45) is 57.3. The van der Waals surface area contributed by atoms with Crippen molar-refractivity contribution < 1.29 is 28.5 Å². The summed E-state index contributed by atoms with van der Waals surface area (Å²) in [7, 11) is 3.43. The van der Waals surface area contributed by atoms with Crippen LogP contribution in [0.4, 0.5) is 0 Å². The summed E-state index contributed by atoms with van der Waals surface area (Å²) in [6, 6.07) is 27.4. The van der Waals surface area contributed by atoms with Gasteiger partial charge in [0.2, 0.25) is 0 Å². The lowest BCUT2D eigenvalue weighted by atomic mass is 9.79. The Balaban J connectivity index is 1.01. The molecule has 12 rings (SSSR count). The quantitative estimate of drug-likeness (QED) is 0.0160. The average Bonchev–Trinajstić information content (AvgIpc) is 1.52. The average molecular weight is 1670 g/mol. The number of fused-ring (bicyclic) bond motifs is 11. The molecule has 0 N–H and O–H groups in total. The number of Topliss-reactive ketones (excluding diaryl/α,β-unsaturated/α-hetero) is 2. The van der Waals surface area contributed by atoms with Gasteiger partial charge in [-0.2, -0.15) is 0 Å². The van der Waals surface area contributed by atoms with Crippen LogP contribution in [-0.2, 0) is 11.2 Å². The molecule has 2 aromatic carbocycles. The van der Waals surface area contributed by atoms with Crippen LogP contribution in [0.1, 0.15) is 363 Å². The van der Waals surface area contributed by atoms with Crippen LogP contribution in [0, 0.1) is 35.8 Å². The smallest absolute Gasteiger partial charge is 0.270 e. The van der Waals surface area contributed by atoms with E-state index in [1.807, 2.05) is 83.4 Å². The largest absolute Gasteiger partial charge is 0.495 e. The molecule has 0 radical (unpaired) electrons. The highest BCUT2D eigenvalue weighted by molar-refractivity contribution is 7.35. The van der Waals surface area contributed by atoms with Gasteiger partial charge in [0, 0.05) is 66.4 Å². The van der Waals surface area contributed by atoms with E-state index in [4.69, 9.17) is 32.1 Å². The van der Waals surface area contributed by atoms with Crippen LogP contribution in [0.3, 0.4) is 0 Å². The second-order valence-electron chi connectivity index (χ2n) is 32.7. The van der Waals surface area contributed by atoms with Gasteiger partial charge < -0.3 is 18.9 Å². The third-order valence-electron chi connectivity index (χ3n) is 24.3. The van der Waals surface area contributed by atoms with Crippen molar-refractivity contribution in [2.75, 3.05) is 14.2 Å². The summed E-state index contributed by atoms with van der Waals surface area (Å²) in [5, 5.41) is 20.6. The van der Waals surface area contributed by atoms with Crippen molar-refractivity contribution in [1.82, 2.24) is 0 Å². The van der Waals surface area contributed by atoms with Gasteiger partial charge in [0.05, 0.1) is 87.9 Å². The minimum Gasteiger partial charge on any atom is -0.495 e. The summed E-state index contributed by atoms with van der Waals surface area (Å²) >= 11 is 10.7. The number of nitrogens with zero attached hydrogens (tertiary/aromatic N) is 4. The Labute approximate surface area is 716 Å². The SMILES string of the molecule is [C-]#[N+]/C(C#N)=C1\C(=C\c2cc(OC)c(-c3cc4c(s3)-c3sc5c6c(sc5c3C(CCCCCCCCCCCC)(CCCCCCCCCCCC)O4)-c3sc(-c4sc(/C=C5\C(=O)c7ccccc7\C5=C(\C#N)[N+]#[C-])cc4OC)cc3OC6(CCCCCCCCCCCC)CCCCCCCCCCCC)s2)C(=O)c2ccccc21. The van der Waals surface area contributed by atoms with Crippen molar-refractivity contribution >= 4 is 112 Å². The van der Waals surface area contributed by atoms with Crippen LogP contribution in [0.25, 0.3) is 81.4 Å². The predicted octanol–water partition coefficient (Wildman–Crippen LogP) is 33.2. The number of allylic oxidation sites excluding steroid dienone is 6. The minimum absolute atomic E-state index is 0.103. The van der Waals surface area contributed by atoms with Crippen LogP contribution < -0.4 is 18.9 Å². The predicted molar refractivity (Wildman–Crippen MR) is 492 cm³/mol. The van der Waals surface area contributed by atoms with Gasteiger partial charge in [-0.05, 0) is 86.8 Å². The maximum Gasteiger partial charge on any atom is 0.270 e. The summed E-state index contributed by atoms with van der Waals surface area (Å²) in [4.78, 5) is 46.5. The number of unbranched alkanes of at least 4 members (excludes halogenated alkanes) is 36. The van der Waals surface area contributed by atoms with E-state index in [0.717, 1.165) is 128 Å². The maximum atomic E-state index is 14.4. The van der Waals surface area contributed by atoms with Gasteiger partial charge in [-0.3, -0.25) is 9.59 Å². The van der Waals surface area contributed by atoms with Crippen molar-refractivity contribution in [1.29, 1.82) is 10.5 Å². The Morgan fingerprint density at radius 2 is 0.672 bits per heavy atom. The molecule has 16 heteroatoms. The molecule has 6 aromatic heterocycles. The number of rotatable bonds is 50. The van der Waals surface area contributed by atoms with E-state index in [9.17, 15) is 20.1 Å². The summed E-state index contributed by atoms with van der Waals surface area (Å²) in [5.41, 5.74) is 4.88. The Bertz CT molecular complexity index is 4600. The highest BCUT2D eigenvalue weighted by atomic mass is 32.1. The molecule has 0 saturated carbocycles. The number of ether oxygens (including phenoxy) is 4. The number of benzene rings is 2. The van der Waals surface area contributed by atoms with E-state index >= 15 is 0 Å². The van der Waals surface area contributed by atoms with Crippen molar-refractivity contribution in [2.24, 2.45) is 0 Å². The number of ketones is 2. The molecule has 4 aliphatic rings. The molecule has 0 saturated heterocycles. The lowest BCUT2D eigenvalue weighted by Gasteiger charge is -2.39. The maximum absolute atomic E-state index is 14.4. The van der Waals surface area contributed by atoms with Crippen LogP contribution in [0.2, 0.25) is 0 Å². The van der Waals surface area contributed by atoms with E-state index in [0.29, 0.717) is 56.0 Å². The first-order valence-electron chi connectivity index (χ1n) is 44.4. The number of hydrogen-bond acceptors (Lipinski definition) is 14. The standard InChI is InChI=1S/C100H120N4O6S6/c1-9-13-17-21-25-29-33-37-41-49-57-99(58-50-42-38-34-30-26-22-18-14-10-2)87-95(93-81(109-99)65-83(113-93)91-79(107-7)63-69(111-91)61-75-85(77(67-101)103-5)71-53-45-47-55-73(71)89(75)105)115-98-88-96(116-97(87)98)94-82(110-100(88,59-51-43-39-35-31-27-23-19-15-11-3)60-52-44-40-36-32-28-24-20-16-12-4)66-84(114-94)92-80(108-8)64-70(112-92)62-76-86(78(68-102)104-6)72-54-46-48-56-74(72)90(76)106/h45-48,53-56,61-66H,9-44,49-52,57-60H2,1-4,7-8H3/b75-61-,76-62-,85-77-,86-78+. The zero-order valence-corrected chi connectivity index (χ0v) is 74.8. The molecule has 8 aromatic rings. The Kier molecular flexibility index (Phi) is 33.2. The van der Waals surface area contributed by atoms with E-state index in [2.05, 4.69) is 61.7 Å². The van der Waals surface area contributed by atoms with Gasteiger partial charge in [0.25, 0.3) is 11.4 Å². The third-order valence-corrected chi connectivity index (χ3v) is 31.9. The van der Waals surface area contributed by atoms with E-state index in [1.54, 1.807) is 71.7 Å². The number of nitriles is 2. The Hall–Kier alpha value is -7.64. The number of thiophene rings is 6. The number of carbonyl (C=O) groups is 2. The van der Waals surface area contributed by atoms with Crippen molar-refractivity contribution in [3.63, 3.8) is 0 Å². The molecule has 0 spiro atoms. The molecule has 2 aliphatic heterocycles. The molecular formula is C100H120N4O6S6. The second-order valence-corrected chi connectivity index (χ2v) is 39.0. The number of carbonyl (C=O) groups excluding carboxylic acids is 2. The second kappa shape index (κ2) is 43.9. The summed E-state index contributed by atoms with van der Waals surface area (Å²) < 4.78 is 31.7. The molecule has 0 amide bonds. The molecule has 612 valence electrons. The molecule has 10 nitrogen and oxygen atoms in total. The summed E-state index contributed by atoms with van der Waals surface area (Å²) in [5.74, 6) is 2.82. The van der Waals surface area contributed by atoms with Gasteiger partial charge in [-0.25, -0.2) is 20.2 Å². The number of methoxy groups -OCH3 is 2. The topological polar surface area (TPSA) is 127 Å². The van der Waals surface area contributed by atoms with E-state index in [1.165, 1.54) is 236 Å². The first-order valence-corrected chi connectivity index (χ1v) is 49.3. The summed E-state index contributed by atoms with van der Waals surface area (Å²) in [6.45, 7) is 25.3.